The molecule has 6 heteroatoms. The van der Waals surface area contributed by atoms with E-state index in [1.165, 1.54) is 6.07 Å². The van der Waals surface area contributed by atoms with Crippen LogP contribution in [0.4, 0.5) is 8.78 Å². The second-order valence-electron chi connectivity index (χ2n) is 4.04. The molecule has 0 spiro atoms. The number of nitrogens with one attached hydrogen (secondary N) is 1. The number of halogens is 4. The lowest BCUT2D eigenvalue weighted by molar-refractivity contribution is 0.0950. The first-order valence-electron chi connectivity index (χ1n) is 5.64. The van der Waals surface area contributed by atoms with Gasteiger partial charge >= 0.3 is 0 Å². The van der Waals surface area contributed by atoms with Crippen molar-refractivity contribution in [2.24, 2.45) is 0 Å². The number of benzene rings is 2. The minimum atomic E-state index is -0.680. The first-order chi connectivity index (χ1) is 9.47. The summed E-state index contributed by atoms with van der Waals surface area (Å²) in [4.78, 5) is 12.0. The summed E-state index contributed by atoms with van der Waals surface area (Å²) >= 11 is 6.57. The van der Waals surface area contributed by atoms with Crippen LogP contribution in [0.25, 0.3) is 0 Å². The highest BCUT2D eigenvalue weighted by molar-refractivity contribution is 9.11. The smallest absolute Gasteiger partial charge is 0.252 e. The van der Waals surface area contributed by atoms with Gasteiger partial charge in [-0.25, -0.2) is 8.78 Å². The number of hydrogen-bond acceptors (Lipinski definition) is 1. The van der Waals surface area contributed by atoms with Gasteiger partial charge in [0, 0.05) is 27.1 Å². The summed E-state index contributed by atoms with van der Waals surface area (Å²) in [5.74, 6) is -1.67. The van der Waals surface area contributed by atoms with Gasteiger partial charge in [-0.1, -0.05) is 22.0 Å². The fraction of sp³-hybridized carbons (Fsp3) is 0.0714. The van der Waals surface area contributed by atoms with E-state index in [2.05, 4.69) is 37.2 Å². The highest BCUT2D eigenvalue weighted by atomic mass is 79.9. The molecule has 2 nitrogen and oxygen atoms in total. The third-order valence-corrected chi connectivity index (χ3v) is 3.78. The second-order valence-corrected chi connectivity index (χ2v) is 5.81. The van der Waals surface area contributed by atoms with Gasteiger partial charge in [-0.3, -0.25) is 4.79 Å². The van der Waals surface area contributed by atoms with Gasteiger partial charge in [0.1, 0.15) is 11.6 Å². The van der Waals surface area contributed by atoms with Crippen LogP contribution in [0.1, 0.15) is 15.9 Å². The molecule has 0 aromatic heterocycles. The van der Waals surface area contributed by atoms with Gasteiger partial charge in [0.2, 0.25) is 0 Å². The van der Waals surface area contributed by atoms with Crippen LogP contribution in [0.15, 0.2) is 45.3 Å². The van der Waals surface area contributed by atoms with Crippen LogP contribution in [0.2, 0.25) is 0 Å². The average Bonchev–Trinajstić information content (AvgIpc) is 2.37. The highest BCUT2D eigenvalue weighted by Gasteiger charge is 2.11. The van der Waals surface area contributed by atoms with E-state index in [0.29, 0.717) is 10.0 Å². The van der Waals surface area contributed by atoms with Gasteiger partial charge in [-0.2, -0.15) is 0 Å². The predicted octanol–water partition coefficient (Wildman–Crippen LogP) is 4.42. The van der Waals surface area contributed by atoms with E-state index in [1.807, 2.05) is 0 Å². The van der Waals surface area contributed by atoms with Crippen LogP contribution >= 0.6 is 31.9 Å². The molecule has 0 unspecified atom stereocenters. The summed E-state index contributed by atoms with van der Waals surface area (Å²) in [5, 5.41) is 2.59. The molecule has 2 aromatic rings. The van der Waals surface area contributed by atoms with Crippen LogP contribution in [0, 0.1) is 11.6 Å². The second kappa shape index (κ2) is 6.45. The molecule has 2 rings (SSSR count). The van der Waals surface area contributed by atoms with Crippen LogP contribution in [-0.4, -0.2) is 5.91 Å². The third-order valence-electron chi connectivity index (χ3n) is 2.63. The third kappa shape index (κ3) is 3.64. The highest BCUT2D eigenvalue weighted by Crippen LogP contribution is 2.22. The molecule has 0 aliphatic heterocycles. The Balaban J connectivity index is 2.08. The lowest BCUT2D eigenvalue weighted by Crippen LogP contribution is -2.23. The molecule has 0 saturated carbocycles. The normalized spacial score (nSPS) is 10.4. The summed E-state index contributed by atoms with van der Waals surface area (Å²) < 4.78 is 27.7. The maximum Gasteiger partial charge on any atom is 0.252 e. The van der Waals surface area contributed by atoms with E-state index in [4.69, 9.17) is 0 Å². The van der Waals surface area contributed by atoms with Crippen molar-refractivity contribution in [2.45, 2.75) is 6.54 Å². The lowest BCUT2D eigenvalue weighted by atomic mass is 10.2. The van der Waals surface area contributed by atoms with Crippen LogP contribution in [0.5, 0.6) is 0 Å². The zero-order chi connectivity index (χ0) is 14.7. The van der Waals surface area contributed by atoms with Gasteiger partial charge in [-0.15, -0.1) is 0 Å². The molecular formula is C14H9Br2F2NO. The number of carbonyl (C=O) groups is 1. The average molecular weight is 405 g/mol. The molecule has 0 bridgehead atoms. The molecule has 104 valence electrons. The minimum Gasteiger partial charge on any atom is -0.348 e. The van der Waals surface area contributed by atoms with Crippen molar-refractivity contribution in [3.8, 4) is 0 Å². The SMILES string of the molecule is O=C(NCc1ccc(F)cc1F)c1ccc(Br)cc1Br. The summed E-state index contributed by atoms with van der Waals surface area (Å²) in [5.41, 5.74) is 0.670. The summed E-state index contributed by atoms with van der Waals surface area (Å²) in [6.07, 6.45) is 0. The van der Waals surface area contributed by atoms with Gasteiger partial charge < -0.3 is 5.32 Å². The first kappa shape index (κ1) is 15.1. The Morgan fingerprint density at radius 3 is 2.50 bits per heavy atom. The molecule has 1 amide bonds. The van der Waals surface area contributed by atoms with Gasteiger partial charge in [0.05, 0.1) is 5.56 Å². The van der Waals surface area contributed by atoms with E-state index in [1.54, 1.807) is 18.2 Å². The molecule has 0 fully saturated rings. The summed E-state index contributed by atoms with van der Waals surface area (Å²) in [6, 6.07) is 8.37. The van der Waals surface area contributed by atoms with Crippen molar-refractivity contribution >= 4 is 37.8 Å². The van der Waals surface area contributed by atoms with Crippen molar-refractivity contribution in [1.29, 1.82) is 0 Å². The summed E-state index contributed by atoms with van der Waals surface area (Å²) in [7, 11) is 0. The molecular weight excluding hydrogens is 396 g/mol. The lowest BCUT2D eigenvalue weighted by Gasteiger charge is -2.08. The van der Waals surface area contributed by atoms with Gasteiger partial charge in [-0.05, 0) is 40.2 Å². The summed E-state index contributed by atoms with van der Waals surface area (Å²) in [6.45, 7) is -0.00650. The van der Waals surface area contributed by atoms with Gasteiger partial charge in [0.25, 0.3) is 5.91 Å². The van der Waals surface area contributed by atoms with Crippen LogP contribution in [-0.2, 0) is 6.54 Å². The van der Waals surface area contributed by atoms with E-state index in [-0.39, 0.29) is 18.0 Å². The largest absolute Gasteiger partial charge is 0.348 e. The molecule has 0 radical (unpaired) electrons. The first-order valence-corrected chi connectivity index (χ1v) is 7.23. The molecule has 0 aliphatic rings. The Kier molecular flexibility index (Phi) is 4.88. The topological polar surface area (TPSA) is 29.1 Å². The maximum absolute atomic E-state index is 13.4. The number of carbonyl (C=O) groups excluding carboxylic acids is 1. The van der Waals surface area contributed by atoms with E-state index in [0.717, 1.165) is 16.6 Å². The molecule has 0 aliphatic carbocycles. The fourth-order valence-corrected chi connectivity index (χ4v) is 2.84. The zero-order valence-corrected chi connectivity index (χ0v) is 13.3. The molecule has 20 heavy (non-hydrogen) atoms. The Morgan fingerprint density at radius 1 is 1.10 bits per heavy atom. The predicted molar refractivity (Wildman–Crippen MR) is 79.4 cm³/mol. The number of amides is 1. The Morgan fingerprint density at radius 2 is 1.85 bits per heavy atom. The molecule has 0 atom stereocenters. The number of rotatable bonds is 3. The molecule has 1 N–H and O–H groups in total. The minimum absolute atomic E-state index is 0.00650. The molecule has 2 aromatic carbocycles. The van der Waals surface area contributed by atoms with Crippen molar-refractivity contribution in [3.63, 3.8) is 0 Å². The number of hydrogen-bond donors (Lipinski definition) is 1. The zero-order valence-electron chi connectivity index (χ0n) is 10.1. The Labute approximate surface area is 131 Å². The maximum atomic E-state index is 13.4. The fourth-order valence-electron chi connectivity index (χ4n) is 1.61. The van der Waals surface area contributed by atoms with E-state index >= 15 is 0 Å². The van der Waals surface area contributed by atoms with Crippen molar-refractivity contribution < 1.29 is 13.6 Å². The van der Waals surface area contributed by atoms with E-state index < -0.39 is 11.6 Å². The van der Waals surface area contributed by atoms with Crippen molar-refractivity contribution in [1.82, 2.24) is 5.32 Å². The molecule has 0 saturated heterocycles. The van der Waals surface area contributed by atoms with Crippen LogP contribution in [0.3, 0.4) is 0 Å². The van der Waals surface area contributed by atoms with Gasteiger partial charge in [0.15, 0.2) is 0 Å². The Bertz CT molecular complexity index is 662. The van der Waals surface area contributed by atoms with Crippen molar-refractivity contribution in [3.05, 3.63) is 68.1 Å². The Hall–Kier alpha value is -1.27. The quantitative estimate of drug-likeness (QED) is 0.805. The van der Waals surface area contributed by atoms with Crippen LogP contribution < -0.4 is 5.32 Å². The molecule has 0 heterocycles. The standard InChI is InChI=1S/C14H9Br2F2NO/c15-9-2-4-11(12(16)5-9)14(20)19-7-8-1-3-10(17)6-13(8)18/h1-6H,7H2,(H,19,20). The monoisotopic (exact) mass is 403 g/mol. The van der Waals surface area contributed by atoms with Crippen molar-refractivity contribution in [2.75, 3.05) is 0 Å². The van der Waals surface area contributed by atoms with E-state index in [9.17, 15) is 13.6 Å².